The zero-order valence-electron chi connectivity index (χ0n) is 18.1. The lowest BCUT2D eigenvalue weighted by atomic mass is 10.0. The maximum Gasteiger partial charge on any atom is 0.211 e. The third-order valence-electron chi connectivity index (χ3n) is 5.73. The van der Waals surface area contributed by atoms with Gasteiger partial charge in [0, 0.05) is 49.8 Å². The molecule has 0 bridgehead atoms. The lowest BCUT2D eigenvalue weighted by Crippen LogP contribution is -2.49. The Balaban J connectivity index is 1.97. The minimum Gasteiger partial charge on any atom is -0.354 e. The fourth-order valence-electron chi connectivity index (χ4n) is 3.73. The summed E-state index contributed by atoms with van der Waals surface area (Å²) in [6.45, 7) is 10.7. The van der Waals surface area contributed by atoms with Crippen LogP contribution in [0.25, 0.3) is 0 Å². The van der Waals surface area contributed by atoms with Gasteiger partial charge in [0.1, 0.15) is 11.6 Å². The largest absolute Gasteiger partial charge is 0.354 e. The maximum atomic E-state index is 11.9. The van der Waals surface area contributed by atoms with Crippen LogP contribution in [0.1, 0.15) is 54.4 Å². The quantitative estimate of drug-likeness (QED) is 0.723. The first-order chi connectivity index (χ1) is 13.7. The summed E-state index contributed by atoms with van der Waals surface area (Å²) in [6.07, 6.45) is 3.04. The van der Waals surface area contributed by atoms with Crippen molar-refractivity contribution >= 4 is 15.8 Å². The second-order valence-electron chi connectivity index (χ2n) is 8.09. The van der Waals surface area contributed by atoms with E-state index in [1.165, 1.54) is 17.4 Å². The zero-order chi connectivity index (χ0) is 21.2. The zero-order valence-corrected chi connectivity index (χ0v) is 19.0. The van der Waals surface area contributed by atoms with Crippen LogP contribution in [0.5, 0.6) is 0 Å². The SMILES string of the molecule is CC[C@@H](C)c1nc(C)c(Cc2cccc(C)c2)c(N2CCN(S(C)(=O)=O)CC2)n1. The number of piperazine rings is 1. The van der Waals surface area contributed by atoms with Gasteiger partial charge in [0.15, 0.2) is 0 Å². The van der Waals surface area contributed by atoms with E-state index in [2.05, 4.69) is 56.9 Å². The van der Waals surface area contributed by atoms with Crippen LogP contribution in [0.2, 0.25) is 0 Å². The Morgan fingerprint density at radius 3 is 2.38 bits per heavy atom. The van der Waals surface area contributed by atoms with Gasteiger partial charge < -0.3 is 4.90 Å². The molecule has 6 nitrogen and oxygen atoms in total. The van der Waals surface area contributed by atoms with Crippen molar-refractivity contribution in [2.75, 3.05) is 37.3 Å². The Morgan fingerprint density at radius 1 is 1.10 bits per heavy atom. The predicted molar refractivity (Wildman–Crippen MR) is 118 cm³/mol. The predicted octanol–water partition coefficient (Wildman–Crippen LogP) is 3.28. The molecule has 29 heavy (non-hydrogen) atoms. The Hall–Kier alpha value is -1.99. The molecule has 2 aromatic rings. The molecular formula is C22H32N4O2S. The molecular weight excluding hydrogens is 384 g/mol. The molecule has 1 fully saturated rings. The van der Waals surface area contributed by atoms with Gasteiger partial charge in [-0.15, -0.1) is 0 Å². The number of benzene rings is 1. The van der Waals surface area contributed by atoms with Crippen LogP contribution < -0.4 is 4.90 Å². The fourth-order valence-corrected chi connectivity index (χ4v) is 4.56. The molecule has 1 aliphatic heterocycles. The van der Waals surface area contributed by atoms with E-state index in [-0.39, 0.29) is 5.92 Å². The Labute approximate surface area is 175 Å². The number of hydrogen-bond acceptors (Lipinski definition) is 5. The molecule has 0 radical (unpaired) electrons. The van der Waals surface area contributed by atoms with Gasteiger partial charge in [0.2, 0.25) is 10.0 Å². The molecule has 1 aromatic heterocycles. The fraction of sp³-hybridized carbons (Fsp3) is 0.545. The molecule has 0 saturated carbocycles. The molecule has 3 rings (SSSR count). The van der Waals surface area contributed by atoms with E-state index in [0.29, 0.717) is 26.2 Å². The molecule has 0 amide bonds. The van der Waals surface area contributed by atoms with Gasteiger partial charge in [0.05, 0.1) is 6.26 Å². The summed E-state index contributed by atoms with van der Waals surface area (Å²) in [7, 11) is -3.15. The number of rotatable bonds is 6. The lowest BCUT2D eigenvalue weighted by Gasteiger charge is -2.35. The minimum atomic E-state index is -3.15. The van der Waals surface area contributed by atoms with Gasteiger partial charge in [-0.05, 0) is 25.8 Å². The number of sulfonamides is 1. The summed E-state index contributed by atoms with van der Waals surface area (Å²) in [5, 5.41) is 0. The molecule has 0 aliphatic carbocycles. The summed E-state index contributed by atoms with van der Waals surface area (Å²) >= 11 is 0. The van der Waals surface area contributed by atoms with E-state index in [1.807, 2.05) is 0 Å². The molecule has 0 N–H and O–H groups in total. The molecule has 158 valence electrons. The molecule has 1 aromatic carbocycles. The van der Waals surface area contributed by atoms with E-state index < -0.39 is 10.0 Å². The first-order valence-electron chi connectivity index (χ1n) is 10.3. The van der Waals surface area contributed by atoms with Crippen LogP contribution in [0, 0.1) is 13.8 Å². The highest BCUT2D eigenvalue weighted by atomic mass is 32.2. The van der Waals surface area contributed by atoms with Gasteiger partial charge in [-0.25, -0.2) is 18.4 Å². The van der Waals surface area contributed by atoms with Crippen LogP contribution in [0.15, 0.2) is 24.3 Å². The number of aryl methyl sites for hydroxylation is 2. The second kappa shape index (κ2) is 8.79. The van der Waals surface area contributed by atoms with Crippen molar-refractivity contribution in [3.8, 4) is 0 Å². The van der Waals surface area contributed by atoms with Crippen LogP contribution in [-0.2, 0) is 16.4 Å². The van der Waals surface area contributed by atoms with Crippen molar-refractivity contribution in [1.82, 2.24) is 14.3 Å². The van der Waals surface area contributed by atoms with E-state index in [0.717, 1.165) is 35.7 Å². The van der Waals surface area contributed by atoms with Gasteiger partial charge in [-0.3, -0.25) is 0 Å². The molecule has 1 atom stereocenters. The van der Waals surface area contributed by atoms with Gasteiger partial charge in [-0.2, -0.15) is 4.31 Å². The number of nitrogens with zero attached hydrogens (tertiary/aromatic N) is 4. The summed E-state index contributed by atoms with van der Waals surface area (Å²) in [4.78, 5) is 12.0. The molecule has 1 saturated heterocycles. The van der Waals surface area contributed by atoms with Gasteiger partial charge in [0.25, 0.3) is 0 Å². The third-order valence-corrected chi connectivity index (χ3v) is 7.04. The van der Waals surface area contributed by atoms with Crippen LogP contribution in [0.3, 0.4) is 0 Å². The van der Waals surface area contributed by atoms with Crippen molar-refractivity contribution in [3.63, 3.8) is 0 Å². The number of aromatic nitrogens is 2. The molecule has 7 heteroatoms. The van der Waals surface area contributed by atoms with E-state index >= 15 is 0 Å². The Morgan fingerprint density at radius 2 is 1.79 bits per heavy atom. The second-order valence-corrected chi connectivity index (χ2v) is 10.1. The molecule has 0 unspecified atom stereocenters. The maximum absolute atomic E-state index is 11.9. The summed E-state index contributed by atoms with van der Waals surface area (Å²) in [5.41, 5.74) is 4.62. The highest BCUT2D eigenvalue weighted by Gasteiger charge is 2.27. The summed E-state index contributed by atoms with van der Waals surface area (Å²) in [5.74, 6) is 2.12. The van der Waals surface area contributed by atoms with Gasteiger partial charge >= 0.3 is 0 Å². The van der Waals surface area contributed by atoms with Crippen LogP contribution in [-0.4, -0.2) is 55.1 Å². The highest BCUT2D eigenvalue weighted by molar-refractivity contribution is 7.88. The normalized spacial score (nSPS) is 16.8. The van der Waals surface area contributed by atoms with Crippen molar-refractivity contribution in [2.24, 2.45) is 0 Å². The first kappa shape index (κ1) is 21.7. The standard InChI is InChI=1S/C22H32N4O2S/c1-6-17(3)21-23-18(4)20(15-19-9-7-8-16(2)14-19)22(24-21)25-10-12-26(13-11-25)29(5,27)28/h7-9,14,17H,6,10-13,15H2,1-5H3/t17-/m1/s1. The topological polar surface area (TPSA) is 66.4 Å². The van der Waals surface area contributed by atoms with Crippen molar-refractivity contribution in [2.45, 2.75) is 46.5 Å². The minimum absolute atomic E-state index is 0.290. The van der Waals surface area contributed by atoms with E-state index in [4.69, 9.17) is 9.97 Å². The average molecular weight is 417 g/mol. The van der Waals surface area contributed by atoms with Crippen molar-refractivity contribution in [1.29, 1.82) is 0 Å². The van der Waals surface area contributed by atoms with Crippen molar-refractivity contribution < 1.29 is 8.42 Å². The van der Waals surface area contributed by atoms with Gasteiger partial charge in [-0.1, -0.05) is 43.7 Å². The van der Waals surface area contributed by atoms with Crippen LogP contribution in [0.4, 0.5) is 5.82 Å². The summed E-state index contributed by atoms with van der Waals surface area (Å²) in [6, 6.07) is 8.52. The first-order valence-corrected chi connectivity index (χ1v) is 12.2. The van der Waals surface area contributed by atoms with E-state index in [1.54, 1.807) is 4.31 Å². The number of anilines is 1. The average Bonchev–Trinajstić information content (AvgIpc) is 2.68. The smallest absolute Gasteiger partial charge is 0.211 e. The number of hydrogen-bond donors (Lipinski definition) is 0. The highest BCUT2D eigenvalue weighted by Crippen LogP contribution is 2.28. The monoisotopic (exact) mass is 416 g/mol. The molecule has 0 spiro atoms. The van der Waals surface area contributed by atoms with Crippen LogP contribution >= 0.6 is 0 Å². The molecule has 2 heterocycles. The molecule has 1 aliphatic rings. The Kier molecular flexibility index (Phi) is 6.58. The Bertz CT molecular complexity index is 967. The van der Waals surface area contributed by atoms with Crippen molar-refractivity contribution in [3.05, 3.63) is 52.5 Å². The lowest BCUT2D eigenvalue weighted by molar-refractivity contribution is 0.386. The third kappa shape index (κ3) is 5.14. The summed E-state index contributed by atoms with van der Waals surface area (Å²) < 4.78 is 25.3. The van der Waals surface area contributed by atoms with E-state index in [9.17, 15) is 8.42 Å².